The van der Waals surface area contributed by atoms with Crippen molar-refractivity contribution in [3.63, 3.8) is 0 Å². The Morgan fingerprint density at radius 2 is 1.94 bits per heavy atom. The molecule has 0 fully saturated rings. The molecule has 5 rings (SSSR count). The van der Waals surface area contributed by atoms with Crippen LogP contribution in [0.15, 0.2) is 58.3 Å². The number of hydroxylamine groups is 1. The number of aliphatic imine (C=N–C) groups is 1. The highest BCUT2D eigenvalue weighted by Gasteiger charge is 2.19. The fraction of sp³-hybridized carbons (Fsp3) is 0.125. The van der Waals surface area contributed by atoms with E-state index < -0.39 is 11.5 Å². The number of nitrogens with one attached hydrogen (secondary N) is 2. The van der Waals surface area contributed by atoms with Crippen molar-refractivity contribution in [2.24, 2.45) is 4.99 Å². The zero-order valence-corrected chi connectivity index (χ0v) is 18.1. The number of rotatable bonds is 4. The Bertz CT molecular complexity index is 1510. The number of aromatic nitrogens is 1. The predicted molar refractivity (Wildman–Crippen MR) is 122 cm³/mol. The van der Waals surface area contributed by atoms with Gasteiger partial charge in [0.15, 0.2) is 17.3 Å². The summed E-state index contributed by atoms with van der Waals surface area (Å²) in [5.41, 5.74) is 3.80. The maximum atomic E-state index is 13.3. The first-order valence-corrected chi connectivity index (χ1v) is 10.3. The standard InChI is InChI=1S/C24H19FN4O5/c1-13-9-14(2)29(11-20(30)26-17-7-8-18-19(10-17)33-12-32-18)24(31)21(13)23-27-22(28-34-23)15-3-5-16(25)6-4-15/h3-10H,1,11-12H2,2H3,(H,26,30)(H,27,28). The van der Waals surface area contributed by atoms with Crippen molar-refractivity contribution in [2.75, 3.05) is 12.1 Å². The lowest BCUT2D eigenvalue weighted by atomic mass is 10.2. The molecule has 2 aromatic carbocycles. The number of benzene rings is 2. The minimum Gasteiger partial charge on any atom is -0.454 e. The van der Waals surface area contributed by atoms with E-state index in [1.807, 2.05) is 0 Å². The highest BCUT2D eigenvalue weighted by molar-refractivity contribution is 6.01. The van der Waals surface area contributed by atoms with Gasteiger partial charge in [-0.3, -0.25) is 9.59 Å². The van der Waals surface area contributed by atoms with Crippen LogP contribution in [0.2, 0.25) is 0 Å². The van der Waals surface area contributed by atoms with Gasteiger partial charge in [0.2, 0.25) is 12.7 Å². The molecule has 0 aliphatic carbocycles. The maximum absolute atomic E-state index is 13.3. The molecule has 2 aliphatic heterocycles. The largest absolute Gasteiger partial charge is 0.454 e. The average molecular weight is 462 g/mol. The summed E-state index contributed by atoms with van der Waals surface area (Å²) in [5.74, 6) is 0.682. The summed E-state index contributed by atoms with van der Waals surface area (Å²) in [5, 5.41) is 3.27. The normalized spacial score (nSPS) is 15.4. The van der Waals surface area contributed by atoms with E-state index in [0.717, 1.165) is 0 Å². The monoisotopic (exact) mass is 462 g/mol. The zero-order valence-electron chi connectivity index (χ0n) is 18.1. The molecule has 172 valence electrons. The lowest BCUT2D eigenvalue weighted by Gasteiger charge is -2.11. The molecule has 0 radical (unpaired) electrons. The van der Waals surface area contributed by atoms with Gasteiger partial charge in [-0.2, -0.15) is 4.99 Å². The summed E-state index contributed by atoms with van der Waals surface area (Å²) in [7, 11) is 0. The number of hydrogen-bond acceptors (Lipinski definition) is 7. The van der Waals surface area contributed by atoms with Gasteiger partial charge in [-0.15, -0.1) is 0 Å². The van der Waals surface area contributed by atoms with Gasteiger partial charge in [0, 0.05) is 23.0 Å². The molecular weight excluding hydrogens is 443 g/mol. The van der Waals surface area contributed by atoms with Crippen molar-refractivity contribution < 1.29 is 23.5 Å². The number of aryl methyl sites for hydroxylation is 1. The van der Waals surface area contributed by atoms with Gasteiger partial charge >= 0.3 is 0 Å². The first kappa shape index (κ1) is 21.3. The van der Waals surface area contributed by atoms with Crippen LogP contribution in [0, 0.1) is 12.7 Å². The number of amides is 1. The average Bonchev–Trinajstić information content (AvgIpc) is 3.47. The molecule has 3 aromatic rings. The molecule has 0 saturated heterocycles. The molecule has 1 aromatic heterocycles. The molecule has 0 atom stereocenters. The van der Waals surface area contributed by atoms with Crippen LogP contribution in [0.1, 0.15) is 11.3 Å². The first-order valence-electron chi connectivity index (χ1n) is 10.3. The number of hydrogen-bond donors (Lipinski definition) is 2. The first-order chi connectivity index (χ1) is 16.4. The van der Waals surface area contributed by atoms with E-state index in [2.05, 4.69) is 22.4 Å². The lowest BCUT2D eigenvalue weighted by Crippen LogP contribution is -2.47. The molecule has 2 aliphatic rings. The minimum atomic E-state index is -0.480. The number of halogens is 1. The van der Waals surface area contributed by atoms with Gasteiger partial charge in [-0.05, 0) is 54.6 Å². The molecular formula is C24H19FN4O5. The minimum absolute atomic E-state index is 0.0132. The highest BCUT2D eigenvalue weighted by Crippen LogP contribution is 2.34. The predicted octanol–water partition coefficient (Wildman–Crippen LogP) is 1.12. The third kappa shape index (κ3) is 3.96. The van der Waals surface area contributed by atoms with Crippen LogP contribution >= 0.6 is 0 Å². The van der Waals surface area contributed by atoms with E-state index >= 15 is 0 Å². The van der Waals surface area contributed by atoms with Crippen molar-refractivity contribution in [3.05, 3.63) is 86.4 Å². The van der Waals surface area contributed by atoms with Crippen LogP contribution in [0.5, 0.6) is 11.5 Å². The topological polar surface area (TPSA) is 103 Å². The number of carbonyl (C=O) groups is 1. The van der Waals surface area contributed by atoms with Gasteiger partial charge < -0.3 is 24.2 Å². The van der Waals surface area contributed by atoms with E-state index in [1.54, 1.807) is 31.2 Å². The van der Waals surface area contributed by atoms with Crippen molar-refractivity contribution in [2.45, 2.75) is 13.5 Å². The molecule has 0 bridgehead atoms. The number of pyridine rings is 1. The molecule has 3 heterocycles. The van der Waals surface area contributed by atoms with E-state index in [9.17, 15) is 14.0 Å². The Balaban J connectivity index is 1.46. The van der Waals surface area contributed by atoms with E-state index in [-0.39, 0.29) is 30.3 Å². The second-order valence-corrected chi connectivity index (χ2v) is 7.67. The smallest absolute Gasteiger partial charge is 0.264 e. The van der Waals surface area contributed by atoms with Crippen molar-refractivity contribution in [3.8, 4) is 11.5 Å². The molecule has 9 nitrogen and oxygen atoms in total. The highest BCUT2D eigenvalue weighted by atomic mass is 19.1. The number of anilines is 1. The zero-order chi connectivity index (χ0) is 23.8. The number of ether oxygens (including phenoxy) is 2. The molecule has 0 saturated carbocycles. The van der Waals surface area contributed by atoms with E-state index in [0.29, 0.717) is 39.5 Å². The van der Waals surface area contributed by atoms with Crippen LogP contribution in [-0.2, 0) is 16.2 Å². The second-order valence-electron chi connectivity index (χ2n) is 7.67. The number of nitrogens with zero attached hydrogens (tertiary/aromatic N) is 2. The van der Waals surface area contributed by atoms with Gasteiger partial charge in [-0.25, -0.2) is 9.87 Å². The SMILES string of the molecule is C=c1cc(C)n(CC(=O)Nc2ccc3c(c2)OCO3)c(=O)c1=C1N=C(c2ccc(F)cc2)NO1. The van der Waals surface area contributed by atoms with Crippen LogP contribution < -0.4 is 36.3 Å². The molecule has 10 heteroatoms. The van der Waals surface area contributed by atoms with E-state index in [1.165, 1.54) is 28.8 Å². The van der Waals surface area contributed by atoms with E-state index in [4.69, 9.17) is 14.3 Å². The number of fused-ring (bicyclic) bond motifs is 1. The van der Waals surface area contributed by atoms with Crippen molar-refractivity contribution in [1.82, 2.24) is 10.0 Å². The Hall–Kier alpha value is -4.60. The van der Waals surface area contributed by atoms with Gasteiger partial charge in [0.1, 0.15) is 17.6 Å². The fourth-order valence-corrected chi connectivity index (χ4v) is 3.66. The van der Waals surface area contributed by atoms with Gasteiger partial charge in [0.05, 0.1) is 0 Å². The number of amidine groups is 1. The van der Waals surface area contributed by atoms with Crippen LogP contribution in [0.3, 0.4) is 0 Å². The summed E-state index contributed by atoms with van der Waals surface area (Å²) < 4.78 is 25.1. The summed E-state index contributed by atoms with van der Waals surface area (Å²) in [6.07, 6.45) is 0. The summed E-state index contributed by atoms with van der Waals surface area (Å²) >= 11 is 0. The molecule has 1 amide bonds. The molecule has 34 heavy (non-hydrogen) atoms. The second kappa shape index (κ2) is 8.39. The van der Waals surface area contributed by atoms with Crippen molar-refractivity contribution in [1.29, 1.82) is 0 Å². The third-order valence-electron chi connectivity index (χ3n) is 5.34. The Kier molecular flexibility index (Phi) is 5.25. The molecule has 0 spiro atoms. The summed E-state index contributed by atoms with van der Waals surface area (Å²) in [4.78, 5) is 35.7. The van der Waals surface area contributed by atoms with Crippen molar-refractivity contribution >= 4 is 29.9 Å². The summed E-state index contributed by atoms with van der Waals surface area (Å²) in [6.45, 7) is 5.53. The Labute approximate surface area is 192 Å². The molecule has 0 unspecified atom stereocenters. The quantitative estimate of drug-likeness (QED) is 0.603. The Morgan fingerprint density at radius 3 is 2.74 bits per heavy atom. The fourth-order valence-electron chi connectivity index (χ4n) is 3.66. The van der Waals surface area contributed by atoms with Crippen LogP contribution in [-0.4, -0.2) is 23.1 Å². The lowest BCUT2D eigenvalue weighted by molar-refractivity contribution is -0.116. The van der Waals surface area contributed by atoms with Crippen LogP contribution in [0.4, 0.5) is 10.1 Å². The Morgan fingerprint density at radius 1 is 1.18 bits per heavy atom. The third-order valence-corrected chi connectivity index (χ3v) is 5.34. The van der Waals surface area contributed by atoms with Crippen LogP contribution in [0.25, 0.3) is 12.5 Å². The number of carbonyl (C=O) groups excluding carboxylic acids is 1. The molecule has 2 N–H and O–H groups in total. The maximum Gasteiger partial charge on any atom is 0.264 e. The van der Waals surface area contributed by atoms with Gasteiger partial charge in [0.25, 0.3) is 11.4 Å². The van der Waals surface area contributed by atoms with Gasteiger partial charge in [-0.1, -0.05) is 6.58 Å². The summed E-state index contributed by atoms with van der Waals surface area (Å²) in [6, 6.07) is 12.4.